The Morgan fingerprint density at radius 3 is 1.64 bits per heavy atom. The van der Waals surface area contributed by atoms with E-state index in [0.717, 1.165) is 0 Å². The Morgan fingerprint density at radius 1 is 1.45 bits per heavy atom. The third-order valence-corrected chi connectivity index (χ3v) is 1.32. The van der Waals surface area contributed by atoms with Gasteiger partial charge in [0.05, 0.1) is 26.5 Å². The van der Waals surface area contributed by atoms with Crippen LogP contribution in [0.3, 0.4) is 0 Å². The van der Waals surface area contributed by atoms with Gasteiger partial charge in [0.15, 0.2) is 0 Å². The predicted octanol–water partition coefficient (Wildman–Crippen LogP) is -2.40. The molecule has 0 aliphatic rings. The van der Waals surface area contributed by atoms with Gasteiger partial charge >= 0.3 is 0 Å². The summed E-state index contributed by atoms with van der Waals surface area (Å²) in [4.78, 5) is 1.50. The number of quaternary nitrogens is 1. The fraction of sp³-hybridized carbons (Fsp3) is 1.00. The topological polar surface area (TPSA) is 87.7 Å². The maximum atomic E-state index is 9.32. The van der Waals surface area contributed by atoms with Gasteiger partial charge in [0, 0.05) is 0 Å². The van der Waals surface area contributed by atoms with E-state index >= 15 is 0 Å². The lowest BCUT2D eigenvalue weighted by molar-refractivity contribution is -0.856. The summed E-state index contributed by atoms with van der Waals surface area (Å²) in [5.74, 6) is -0.812. The van der Waals surface area contributed by atoms with E-state index in [4.69, 9.17) is 0 Å². The van der Waals surface area contributed by atoms with Gasteiger partial charge < -0.3 is 15.2 Å². The highest BCUT2D eigenvalue weighted by Crippen LogP contribution is 1.67. The molecule has 0 aromatic rings. The molecule has 70 valence electrons. The van der Waals surface area contributed by atoms with Crippen LogP contribution in [0.2, 0.25) is 0 Å². The van der Waals surface area contributed by atoms with Crippen LogP contribution in [0, 0.1) is 0 Å². The standard InChI is InChI=1S/C4H11N.CH5NO3S/c1-4-5(2)3;2-1-6(3,4)5/h4H2,1-3H3;1-2H2,(H,3,4,5). The Hall–Kier alpha value is -0.170. The molecule has 0 aromatic carbocycles. The number of hydrogen-bond donors (Lipinski definition) is 2. The van der Waals surface area contributed by atoms with Crippen LogP contribution < -0.4 is 10.6 Å². The highest BCUT2D eigenvalue weighted by molar-refractivity contribution is 7.85. The molecule has 0 aromatic heterocycles. The molecule has 6 heteroatoms. The number of nitrogens with one attached hydrogen (secondary N) is 1. The summed E-state index contributed by atoms with van der Waals surface area (Å²) in [6.45, 7) is 3.38. The Labute approximate surface area is 67.9 Å². The molecular formula is C5H16N2O3S. The molecule has 0 aliphatic carbocycles. The second-order valence-electron chi connectivity index (χ2n) is 2.29. The minimum atomic E-state index is -4.13. The first-order valence-corrected chi connectivity index (χ1v) is 4.83. The van der Waals surface area contributed by atoms with Gasteiger partial charge in [-0.05, 0) is 6.92 Å². The fourth-order valence-corrected chi connectivity index (χ4v) is 0. The SMILES string of the molecule is CC[NH+](C)C.NCS(=O)(=O)[O-]. The lowest BCUT2D eigenvalue weighted by Crippen LogP contribution is -3.05. The summed E-state index contributed by atoms with van der Waals surface area (Å²) < 4.78 is 28.0. The Bertz CT molecular complexity index is 165. The molecule has 0 unspecified atom stereocenters. The van der Waals surface area contributed by atoms with Crippen molar-refractivity contribution in [3.8, 4) is 0 Å². The highest BCUT2D eigenvalue weighted by Gasteiger charge is 1.80. The molecule has 0 bridgehead atoms. The summed E-state index contributed by atoms with van der Waals surface area (Å²) in [6, 6.07) is 0. The molecule has 0 heterocycles. The van der Waals surface area contributed by atoms with Gasteiger partial charge in [-0.1, -0.05) is 0 Å². The van der Waals surface area contributed by atoms with E-state index in [-0.39, 0.29) is 0 Å². The van der Waals surface area contributed by atoms with E-state index in [9.17, 15) is 13.0 Å². The van der Waals surface area contributed by atoms with Crippen LogP contribution in [0.15, 0.2) is 0 Å². The average Bonchev–Trinajstić information content (AvgIpc) is 1.88. The van der Waals surface area contributed by atoms with Gasteiger partial charge in [0.1, 0.15) is 10.1 Å². The van der Waals surface area contributed by atoms with Crippen LogP contribution in [0.25, 0.3) is 0 Å². The normalized spacial score (nSPS) is 10.7. The Kier molecular flexibility index (Phi) is 7.97. The number of nitrogens with two attached hydrogens (primary N) is 1. The van der Waals surface area contributed by atoms with E-state index in [1.165, 1.54) is 11.4 Å². The number of hydrogen-bond acceptors (Lipinski definition) is 4. The first kappa shape index (κ1) is 13.4. The van der Waals surface area contributed by atoms with Gasteiger partial charge in [-0.25, -0.2) is 8.42 Å². The lowest BCUT2D eigenvalue weighted by atomic mass is 10.7. The van der Waals surface area contributed by atoms with Crippen LogP contribution in [0.4, 0.5) is 0 Å². The maximum Gasteiger partial charge on any atom is 0.108 e. The van der Waals surface area contributed by atoms with Crippen molar-refractivity contribution in [1.29, 1.82) is 0 Å². The lowest BCUT2D eigenvalue weighted by Gasteiger charge is -1.97. The smallest absolute Gasteiger partial charge is 0.108 e. The molecule has 0 aliphatic heterocycles. The Balaban J connectivity index is 0. The zero-order valence-electron chi connectivity index (χ0n) is 7.12. The van der Waals surface area contributed by atoms with Crippen LogP contribution in [0.1, 0.15) is 6.92 Å². The zero-order valence-corrected chi connectivity index (χ0v) is 7.94. The summed E-state index contributed by atoms with van der Waals surface area (Å²) in [5, 5.41) is 0. The van der Waals surface area contributed by atoms with E-state index < -0.39 is 16.0 Å². The van der Waals surface area contributed by atoms with Crippen molar-refractivity contribution in [2.24, 2.45) is 5.73 Å². The van der Waals surface area contributed by atoms with Crippen molar-refractivity contribution in [3.63, 3.8) is 0 Å². The first-order valence-electron chi connectivity index (χ1n) is 3.26. The molecule has 0 rings (SSSR count). The molecule has 0 saturated heterocycles. The summed E-state index contributed by atoms with van der Waals surface area (Å²) in [7, 11) is 0.144. The third kappa shape index (κ3) is 25.8. The van der Waals surface area contributed by atoms with Crippen molar-refractivity contribution in [1.82, 2.24) is 0 Å². The first-order chi connectivity index (χ1) is 4.83. The molecule has 0 amide bonds. The van der Waals surface area contributed by atoms with Crippen LogP contribution in [-0.4, -0.2) is 39.5 Å². The van der Waals surface area contributed by atoms with E-state index in [1.807, 2.05) is 0 Å². The monoisotopic (exact) mass is 184 g/mol. The van der Waals surface area contributed by atoms with Gasteiger partial charge in [-0.15, -0.1) is 0 Å². The molecule has 0 saturated carbocycles. The van der Waals surface area contributed by atoms with Crippen molar-refractivity contribution in [3.05, 3.63) is 0 Å². The molecular weight excluding hydrogens is 168 g/mol. The third-order valence-electron chi connectivity index (χ3n) is 0.911. The molecule has 11 heavy (non-hydrogen) atoms. The number of rotatable bonds is 2. The van der Waals surface area contributed by atoms with E-state index in [1.54, 1.807) is 0 Å². The van der Waals surface area contributed by atoms with E-state index in [0.29, 0.717) is 0 Å². The molecule has 0 radical (unpaired) electrons. The minimum absolute atomic E-state index is 0.812. The average molecular weight is 184 g/mol. The second-order valence-corrected chi connectivity index (χ2v) is 3.73. The van der Waals surface area contributed by atoms with Crippen molar-refractivity contribution in [2.75, 3.05) is 26.5 Å². The van der Waals surface area contributed by atoms with Gasteiger partial charge in [0.2, 0.25) is 0 Å². The fourth-order valence-electron chi connectivity index (χ4n) is 0. The van der Waals surface area contributed by atoms with Crippen molar-refractivity contribution < 1.29 is 17.9 Å². The summed E-state index contributed by atoms with van der Waals surface area (Å²) >= 11 is 0. The highest BCUT2D eigenvalue weighted by atomic mass is 32.2. The molecule has 0 atom stereocenters. The molecule has 3 N–H and O–H groups in total. The summed E-state index contributed by atoms with van der Waals surface area (Å²) in [6.07, 6.45) is 0. The zero-order chi connectivity index (χ0) is 9.49. The van der Waals surface area contributed by atoms with Crippen LogP contribution in [0.5, 0.6) is 0 Å². The largest absolute Gasteiger partial charge is 0.747 e. The predicted molar refractivity (Wildman–Crippen MR) is 42.1 cm³/mol. The molecule has 0 fully saturated rings. The van der Waals surface area contributed by atoms with E-state index in [2.05, 4.69) is 26.8 Å². The minimum Gasteiger partial charge on any atom is -0.747 e. The van der Waals surface area contributed by atoms with Crippen molar-refractivity contribution >= 4 is 10.1 Å². The quantitative estimate of drug-likeness (QED) is 0.468. The second kappa shape index (κ2) is 6.53. The van der Waals surface area contributed by atoms with Crippen LogP contribution >= 0.6 is 0 Å². The molecule has 5 nitrogen and oxygen atoms in total. The van der Waals surface area contributed by atoms with Crippen LogP contribution in [-0.2, 0) is 10.1 Å². The summed E-state index contributed by atoms with van der Waals surface area (Å²) in [5.41, 5.74) is 4.41. The van der Waals surface area contributed by atoms with Gasteiger partial charge in [-0.3, -0.25) is 0 Å². The van der Waals surface area contributed by atoms with Gasteiger partial charge in [-0.2, -0.15) is 0 Å². The maximum absolute atomic E-state index is 9.32. The van der Waals surface area contributed by atoms with Gasteiger partial charge in [0.25, 0.3) is 0 Å². The van der Waals surface area contributed by atoms with Crippen molar-refractivity contribution in [2.45, 2.75) is 6.92 Å². The Morgan fingerprint density at radius 2 is 1.64 bits per heavy atom. The molecule has 0 spiro atoms.